The smallest absolute Gasteiger partial charge is 0.159 e. The van der Waals surface area contributed by atoms with Crippen molar-refractivity contribution in [2.24, 2.45) is 0 Å². The molecular formula is C46H29N5O. The molecule has 0 N–H and O–H groups in total. The standard InChI is InChI=1S/C46H29N5O/c1-4-16-38-32(12-1)34-24-22-30(28-41(34)50(38)44-20-7-9-26-47-44)49(40-18-11-15-37-36-14-3-6-19-43(36)52-46(37)40)31-23-25-35-33-13-2-5-17-39(33)51(42(35)29-31)45-21-8-10-27-48-45/h1-29H. The molecule has 0 saturated carbocycles. The summed E-state index contributed by atoms with van der Waals surface area (Å²) in [5.74, 6) is 1.75. The van der Waals surface area contributed by atoms with E-state index >= 15 is 0 Å². The number of hydrogen-bond acceptors (Lipinski definition) is 4. The number of anilines is 3. The molecule has 11 aromatic rings. The maximum Gasteiger partial charge on any atom is 0.159 e. The van der Waals surface area contributed by atoms with E-state index in [9.17, 15) is 0 Å². The summed E-state index contributed by atoms with van der Waals surface area (Å²) in [6.07, 6.45) is 3.70. The van der Waals surface area contributed by atoms with Gasteiger partial charge in [-0.25, -0.2) is 9.97 Å². The van der Waals surface area contributed by atoms with Gasteiger partial charge in [0.05, 0.1) is 27.8 Å². The first-order valence-corrected chi connectivity index (χ1v) is 17.4. The number of aromatic nitrogens is 4. The van der Waals surface area contributed by atoms with Crippen LogP contribution in [-0.2, 0) is 0 Å². The van der Waals surface area contributed by atoms with E-state index in [0.717, 1.165) is 83.5 Å². The lowest BCUT2D eigenvalue weighted by Crippen LogP contribution is -2.11. The highest BCUT2D eigenvalue weighted by Gasteiger charge is 2.23. The fourth-order valence-corrected chi connectivity index (χ4v) is 8.00. The van der Waals surface area contributed by atoms with Crippen LogP contribution in [0.4, 0.5) is 17.1 Å². The molecule has 11 rings (SSSR count). The van der Waals surface area contributed by atoms with Crippen LogP contribution in [-0.4, -0.2) is 19.1 Å². The quantitative estimate of drug-likeness (QED) is 0.183. The number of nitrogens with zero attached hydrogens (tertiary/aromatic N) is 5. The topological polar surface area (TPSA) is 52.0 Å². The van der Waals surface area contributed by atoms with Crippen molar-refractivity contribution in [2.45, 2.75) is 0 Å². The summed E-state index contributed by atoms with van der Waals surface area (Å²) in [5, 5.41) is 6.86. The number of rotatable bonds is 5. The van der Waals surface area contributed by atoms with Crippen molar-refractivity contribution in [1.29, 1.82) is 0 Å². The van der Waals surface area contributed by atoms with Crippen molar-refractivity contribution < 1.29 is 4.42 Å². The van der Waals surface area contributed by atoms with Gasteiger partial charge in [0, 0.05) is 56.1 Å². The van der Waals surface area contributed by atoms with Crippen LogP contribution in [0.1, 0.15) is 0 Å². The molecule has 5 aromatic heterocycles. The highest BCUT2D eigenvalue weighted by Crippen LogP contribution is 2.45. The number of para-hydroxylation sites is 4. The number of pyridine rings is 2. The number of hydrogen-bond donors (Lipinski definition) is 0. The van der Waals surface area contributed by atoms with Crippen molar-refractivity contribution >= 4 is 82.6 Å². The summed E-state index contributed by atoms with van der Waals surface area (Å²) in [6, 6.07) is 57.4. The molecule has 0 bridgehead atoms. The first kappa shape index (κ1) is 28.6. The highest BCUT2D eigenvalue weighted by molar-refractivity contribution is 6.14. The molecule has 0 radical (unpaired) electrons. The van der Waals surface area contributed by atoms with Crippen LogP contribution in [0.2, 0.25) is 0 Å². The molecule has 6 aromatic carbocycles. The second-order valence-corrected chi connectivity index (χ2v) is 13.1. The Hall–Kier alpha value is -7.18. The monoisotopic (exact) mass is 667 g/mol. The van der Waals surface area contributed by atoms with Crippen molar-refractivity contribution in [3.05, 3.63) is 176 Å². The van der Waals surface area contributed by atoms with Gasteiger partial charge < -0.3 is 9.32 Å². The Bertz CT molecular complexity index is 2980. The number of furan rings is 1. The predicted octanol–water partition coefficient (Wildman–Crippen LogP) is 12.0. The van der Waals surface area contributed by atoms with E-state index in [4.69, 9.17) is 14.4 Å². The van der Waals surface area contributed by atoms with Crippen LogP contribution >= 0.6 is 0 Å². The molecule has 6 nitrogen and oxygen atoms in total. The molecule has 0 aliphatic rings. The Kier molecular flexibility index (Phi) is 6.15. The first-order chi connectivity index (χ1) is 25.8. The SMILES string of the molecule is c1ccc(-n2c3ccccc3c3ccc(N(c4ccc5c6ccccc6n(-c6ccccn6)c5c4)c4cccc5c4oc4ccccc45)cc32)nc1. The van der Waals surface area contributed by atoms with Gasteiger partial charge in [-0.15, -0.1) is 0 Å². The lowest BCUT2D eigenvalue weighted by molar-refractivity contribution is 0.669. The van der Waals surface area contributed by atoms with Gasteiger partial charge in [-0.3, -0.25) is 9.13 Å². The van der Waals surface area contributed by atoms with E-state index in [2.05, 4.69) is 141 Å². The van der Waals surface area contributed by atoms with Gasteiger partial charge in [0.15, 0.2) is 5.58 Å². The summed E-state index contributed by atoms with van der Waals surface area (Å²) in [5.41, 5.74) is 9.02. The molecule has 0 amide bonds. The Balaban J connectivity index is 1.23. The van der Waals surface area contributed by atoms with Gasteiger partial charge in [0.25, 0.3) is 0 Å². The highest BCUT2D eigenvalue weighted by atomic mass is 16.3. The van der Waals surface area contributed by atoms with Gasteiger partial charge in [-0.05, 0) is 72.8 Å². The van der Waals surface area contributed by atoms with E-state index in [1.807, 2.05) is 48.8 Å². The minimum absolute atomic E-state index is 0.833. The summed E-state index contributed by atoms with van der Waals surface area (Å²) in [4.78, 5) is 11.9. The van der Waals surface area contributed by atoms with E-state index in [1.165, 1.54) is 10.8 Å². The van der Waals surface area contributed by atoms with E-state index < -0.39 is 0 Å². The maximum absolute atomic E-state index is 6.69. The molecule has 244 valence electrons. The van der Waals surface area contributed by atoms with Crippen molar-refractivity contribution in [1.82, 2.24) is 19.1 Å². The lowest BCUT2D eigenvalue weighted by atomic mass is 10.1. The molecule has 6 heteroatoms. The second-order valence-electron chi connectivity index (χ2n) is 13.1. The fourth-order valence-electron chi connectivity index (χ4n) is 8.00. The summed E-state index contributed by atoms with van der Waals surface area (Å²) < 4.78 is 11.2. The largest absolute Gasteiger partial charge is 0.454 e. The first-order valence-electron chi connectivity index (χ1n) is 17.4. The maximum atomic E-state index is 6.69. The zero-order chi connectivity index (χ0) is 34.2. The predicted molar refractivity (Wildman–Crippen MR) is 213 cm³/mol. The van der Waals surface area contributed by atoms with Crippen LogP contribution in [0.15, 0.2) is 181 Å². The van der Waals surface area contributed by atoms with Crippen LogP contribution in [0, 0.1) is 0 Å². The van der Waals surface area contributed by atoms with E-state index in [0.29, 0.717) is 0 Å². The molecule has 52 heavy (non-hydrogen) atoms. The number of fused-ring (bicyclic) bond motifs is 9. The number of benzene rings is 6. The van der Waals surface area contributed by atoms with Crippen LogP contribution in [0.3, 0.4) is 0 Å². The molecule has 0 atom stereocenters. The molecule has 0 fully saturated rings. The molecule has 0 spiro atoms. The molecule has 0 saturated heterocycles. The fraction of sp³-hybridized carbons (Fsp3) is 0. The minimum Gasteiger partial charge on any atom is -0.454 e. The summed E-state index contributed by atoms with van der Waals surface area (Å²) in [6.45, 7) is 0. The van der Waals surface area contributed by atoms with Gasteiger partial charge in [0.2, 0.25) is 0 Å². The van der Waals surface area contributed by atoms with E-state index in [1.54, 1.807) is 0 Å². The Morgan fingerprint density at radius 1 is 0.404 bits per heavy atom. The van der Waals surface area contributed by atoms with E-state index in [-0.39, 0.29) is 0 Å². The lowest BCUT2D eigenvalue weighted by Gasteiger charge is -2.26. The third-order valence-corrected chi connectivity index (χ3v) is 10.2. The average molecular weight is 668 g/mol. The Labute approximate surface area is 298 Å². The van der Waals surface area contributed by atoms with Gasteiger partial charge in [-0.1, -0.05) is 91.0 Å². The molecule has 0 unspecified atom stereocenters. The molecule has 5 heterocycles. The second kappa shape index (κ2) is 11.2. The van der Waals surface area contributed by atoms with Gasteiger partial charge >= 0.3 is 0 Å². The van der Waals surface area contributed by atoms with Crippen molar-refractivity contribution in [2.75, 3.05) is 4.90 Å². The van der Waals surface area contributed by atoms with Gasteiger partial charge in [0.1, 0.15) is 17.2 Å². The average Bonchev–Trinajstić information content (AvgIpc) is 3.86. The third kappa shape index (κ3) is 4.18. The van der Waals surface area contributed by atoms with Crippen LogP contribution in [0.25, 0.3) is 77.2 Å². The minimum atomic E-state index is 0.833. The molecular weight excluding hydrogens is 639 g/mol. The van der Waals surface area contributed by atoms with Crippen molar-refractivity contribution in [3.63, 3.8) is 0 Å². The van der Waals surface area contributed by atoms with Crippen LogP contribution in [0.5, 0.6) is 0 Å². The normalized spacial score (nSPS) is 11.8. The molecule has 0 aliphatic carbocycles. The summed E-state index contributed by atoms with van der Waals surface area (Å²) in [7, 11) is 0. The Morgan fingerprint density at radius 2 is 0.904 bits per heavy atom. The van der Waals surface area contributed by atoms with Gasteiger partial charge in [-0.2, -0.15) is 0 Å². The Morgan fingerprint density at radius 3 is 1.48 bits per heavy atom. The zero-order valence-corrected chi connectivity index (χ0v) is 27.9. The van der Waals surface area contributed by atoms with Crippen LogP contribution < -0.4 is 4.90 Å². The zero-order valence-electron chi connectivity index (χ0n) is 27.9. The molecule has 0 aliphatic heterocycles. The van der Waals surface area contributed by atoms with Crippen molar-refractivity contribution in [3.8, 4) is 11.6 Å². The summed E-state index contributed by atoms with van der Waals surface area (Å²) >= 11 is 0. The third-order valence-electron chi connectivity index (χ3n) is 10.2.